The SMILES string of the molecule is O=C(CSc1ccc(F)cc1)NCCCN1CCCCCC1. The lowest BCUT2D eigenvalue weighted by Crippen LogP contribution is -2.31. The summed E-state index contributed by atoms with van der Waals surface area (Å²) < 4.78 is 12.8. The molecule has 2 rings (SSSR count). The van der Waals surface area contributed by atoms with E-state index in [9.17, 15) is 9.18 Å². The van der Waals surface area contributed by atoms with Gasteiger partial charge in [-0.2, -0.15) is 0 Å². The highest BCUT2D eigenvalue weighted by atomic mass is 32.2. The normalized spacial score (nSPS) is 16.2. The molecule has 0 atom stereocenters. The van der Waals surface area contributed by atoms with Gasteiger partial charge in [0.15, 0.2) is 0 Å². The van der Waals surface area contributed by atoms with Crippen LogP contribution >= 0.6 is 11.8 Å². The van der Waals surface area contributed by atoms with Crippen molar-refractivity contribution in [3.8, 4) is 0 Å². The van der Waals surface area contributed by atoms with Crippen LogP contribution in [0.4, 0.5) is 4.39 Å². The number of thioether (sulfide) groups is 1. The van der Waals surface area contributed by atoms with Crippen molar-refractivity contribution in [2.75, 3.05) is 31.9 Å². The van der Waals surface area contributed by atoms with Gasteiger partial charge in [0, 0.05) is 11.4 Å². The minimum atomic E-state index is -0.248. The fourth-order valence-corrected chi connectivity index (χ4v) is 3.35. The summed E-state index contributed by atoms with van der Waals surface area (Å²) >= 11 is 1.44. The molecule has 1 N–H and O–H groups in total. The molecule has 0 aliphatic carbocycles. The summed E-state index contributed by atoms with van der Waals surface area (Å²) in [5.41, 5.74) is 0. The molecule has 1 heterocycles. The van der Waals surface area contributed by atoms with Gasteiger partial charge in [0.2, 0.25) is 5.91 Å². The van der Waals surface area contributed by atoms with Gasteiger partial charge in [0.05, 0.1) is 5.75 Å². The summed E-state index contributed by atoms with van der Waals surface area (Å²) in [6.07, 6.45) is 6.33. The first-order valence-corrected chi connectivity index (χ1v) is 9.10. The number of nitrogens with zero attached hydrogens (tertiary/aromatic N) is 1. The monoisotopic (exact) mass is 324 g/mol. The predicted molar refractivity (Wildman–Crippen MR) is 89.7 cm³/mol. The first-order chi connectivity index (χ1) is 10.7. The van der Waals surface area contributed by atoms with Crippen molar-refractivity contribution in [2.45, 2.75) is 37.0 Å². The Kier molecular flexibility index (Phi) is 7.74. The average molecular weight is 324 g/mol. The molecule has 1 amide bonds. The van der Waals surface area contributed by atoms with Crippen LogP contribution in [0.3, 0.4) is 0 Å². The number of carbonyl (C=O) groups is 1. The highest BCUT2D eigenvalue weighted by molar-refractivity contribution is 8.00. The second-order valence-electron chi connectivity index (χ2n) is 5.70. The Morgan fingerprint density at radius 2 is 1.82 bits per heavy atom. The number of likely N-dealkylation sites (tertiary alicyclic amines) is 1. The number of rotatable bonds is 7. The molecule has 22 heavy (non-hydrogen) atoms. The van der Waals surface area contributed by atoms with Gasteiger partial charge in [-0.05, 0) is 63.2 Å². The van der Waals surface area contributed by atoms with E-state index < -0.39 is 0 Å². The van der Waals surface area contributed by atoms with Crippen molar-refractivity contribution in [3.05, 3.63) is 30.1 Å². The van der Waals surface area contributed by atoms with E-state index in [0.717, 1.165) is 24.4 Å². The number of halogens is 1. The van der Waals surface area contributed by atoms with Crippen LogP contribution in [0, 0.1) is 5.82 Å². The van der Waals surface area contributed by atoms with E-state index in [4.69, 9.17) is 0 Å². The molecule has 122 valence electrons. The maximum absolute atomic E-state index is 12.8. The number of carbonyl (C=O) groups excluding carboxylic acids is 1. The third-order valence-corrected chi connectivity index (χ3v) is 4.87. The van der Waals surface area contributed by atoms with E-state index in [0.29, 0.717) is 5.75 Å². The number of amides is 1. The molecule has 0 saturated carbocycles. The summed E-state index contributed by atoms with van der Waals surface area (Å²) in [6.45, 7) is 4.22. The van der Waals surface area contributed by atoms with Crippen LogP contribution in [0.5, 0.6) is 0 Å². The van der Waals surface area contributed by atoms with Gasteiger partial charge < -0.3 is 10.2 Å². The zero-order valence-corrected chi connectivity index (χ0v) is 13.8. The van der Waals surface area contributed by atoms with E-state index in [2.05, 4.69) is 10.2 Å². The largest absolute Gasteiger partial charge is 0.355 e. The molecule has 1 aliphatic heterocycles. The molecule has 1 aliphatic rings. The summed E-state index contributed by atoms with van der Waals surface area (Å²) in [5, 5.41) is 2.96. The molecular weight excluding hydrogens is 299 g/mol. The van der Waals surface area contributed by atoms with Crippen molar-refractivity contribution in [1.29, 1.82) is 0 Å². The predicted octanol–water partition coefficient (Wildman–Crippen LogP) is 3.30. The van der Waals surface area contributed by atoms with Crippen LogP contribution in [-0.2, 0) is 4.79 Å². The minimum Gasteiger partial charge on any atom is -0.355 e. The van der Waals surface area contributed by atoms with Crippen LogP contribution in [0.15, 0.2) is 29.2 Å². The Morgan fingerprint density at radius 3 is 2.50 bits per heavy atom. The molecule has 3 nitrogen and oxygen atoms in total. The van der Waals surface area contributed by atoms with Gasteiger partial charge in [-0.1, -0.05) is 12.8 Å². The number of hydrogen-bond acceptors (Lipinski definition) is 3. The smallest absolute Gasteiger partial charge is 0.230 e. The van der Waals surface area contributed by atoms with Crippen molar-refractivity contribution in [1.82, 2.24) is 10.2 Å². The zero-order valence-electron chi connectivity index (χ0n) is 13.0. The van der Waals surface area contributed by atoms with E-state index in [-0.39, 0.29) is 11.7 Å². The molecule has 5 heteroatoms. The van der Waals surface area contributed by atoms with Crippen LogP contribution in [0.25, 0.3) is 0 Å². The molecule has 0 unspecified atom stereocenters. The van der Waals surface area contributed by atoms with Crippen molar-refractivity contribution < 1.29 is 9.18 Å². The maximum Gasteiger partial charge on any atom is 0.230 e. The molecule has 1 saturated heterocycles. The van der Waals surface area contributed by atoms with Crippen LogP contribution in [0.1, 0.15) is 32.1 Å². The van der Waals surface area contributed by atoms with E-state index in [1.54, 1.807) is 12.1 Å². The maximum atomic E-state index is 12.8. The Bertz CT molecular complexity index is 444. The van der Waals surface area contributed by atoms with E-state index >= 15 is 0 Å². The van der Waals surface area contributed by atoms with Gasteiger partial charge >= 0.3 is 0 Å². The quantitative estimate of drug-likeness (QED) is 0.617. The molecule has 0 radical (unpaired) electrons. The second kappa shape index (κ2) is 9.85. The minimum absolute atomic E-state index is 0.0465. The highest BCUT2D eigenvalue weighted by Gasteiger charge is 2.08. The van der Waals surface area contributed by atoms with Gasteiger partial charge in [-0.15, -0.1) is 11.8 Å². The van der Waals surface area contributed by atoms with Gasteiger partial charge in [-0.25, -0.2) is 4.39 Å². The van der Waals surface area contributed by atoms with Crippen LogP contribution in [-0.4, -0.2) is 42.7 Å². The van der Waals surface area contributed by atoms with Gasteiger partial charge in [-0.3, -0.25) is 4.79 Å². The summed E-state index contributed by atoms with van der Waals surface area (Å²) in [7, 11) is 0. The molecule has 1 aromatic rings. The molecule has 0 aromatic heterocycles. The lowest BCUT2D eigenvalue weighted by Gasteiger charge is -2.19. The van der Waals surface area contributed by atoms with Crippen molar-refractivity contribution in [3.63, 3.8) is 0 Å². The summed E-state index contributed by atoms with van der Waals surface area (Å²) in [4.78, 5) is 15.2. The second-order valence-corrected chi connectivity index (χ2v) is 6.75. The Labute approximate surface area is 136 Å². The Balaban J connectivity index is 1.54. The van der Waals surface area contributed by atoms with Crippen LogP contribution in [0.2, 0.25) is 0 Å². The Morgan fingerprint density at radius 1 is 1.14 bits per heavy atom. The number of benzene rings is 1. The third-order valence-electron chi connectivity index (χ3n) is 3.86. The first-order valence-electron chi connectivity index (χ1n) is 8.11. The highest BCUT2D eigenvalue weighted by Crippen LogP contribution is 2.17. The van der Waals surface area contributed by atoms with E-state index in [1.807, 2.05) is 0 Å². The molecule has 1 aromatic carbocycles. The third kappa shape index (κ3) is 6.79. The molecular formula is C17H25FN2OS. The van der Waals surface area contributed by atoms with E-state index in [1.165, 1.54) is 62.7 Å². The Hall–Kier alpha value is -1.07. The number of hydrogen-bond donors (Lipinski definition) is 1. The fraction of sp³-hybridized carbons (Fsp3) is 0.588. The molecule has 0 bridgehead atoms. The topological polar surface area (TPSA) is 32.3 Å². The summed E-state index contributed by atoms with van der Waals surface area (Å²) in [6, 6.07) is 6.24. The van der Waals surface area contributed by atoms with Gasteiger partial charge in [0.25, 0.3) is 0 Å². The molecule has 1 fully saturated rings. The average Bonchev–Trinajstić information content (AvgIpc) is 2.80. The van der Waals surface area contributed by atoms with Gasteiger partial charge in [0.1, 0.15) is 5.82 Å². The summed E-state index contributed by atoms with van der Waals surface area (Å²) in [5.74, 6) is 0.183. The lowest BCUT2D eigenvalue weighted by atomic mass is 10.2. The lowest BCUT2D eigenvalue weighted by molar-refractivity contribution is -0.118. The first kappa shape index (κ1) is 17.3. The zero-order chi connectivity index (χ0) is 15.6. The number of nitrogens with one attached hydrogen (secondary N) is 1. The standard InChI is InChI=1S/C17H25FN2OS/c18-15-6-8-16(9-7-15)22-14-17(21)19-10-5-13-20-11-3-1-2-4-12-20/h6-9H,1-5,10-14H2,(H,19,21). The van der Waals surface area contributed by atoms with Crippen molar-refractivity contribution >= 4 is 17.7 Å². The van der Waals surface area contributed by atoms with Crippen LogP contribution < -0.4 is 5.32 Å². The van der Waals surface area contributed by atoms with Crippen molar-refractivity contribution in [2.24, 2.45) is 0 Å². The molecule has 0 spiro atoms. The fourth-order valence-electron chi connectivity index (χ4n) is 2.62.